The van der Waals surface area contributed by atoms with E-state index in [1.807, 2.05) is 0 Å². The molecule has 0 aromatic heterocycles. The number of carboxylic acids is 3. The third-order valence-electron chi connectivity index (χ3n) is 12.2. The van der Waals surface area contributed by atoms with Gasteiger partial charge in [0.05, 0.1) is 18.9 Å². The maximum absolute atomic E-state index is 13.0. The molecule has 0 saturated heterocycles. The third-order valence-corrected chi connectivity index (χ3v) is 12.2. The molecule has 4 rings (SSSR count). The van der Waals surface area contributed by atoms with Crippen LogP contribution in [0.25, 0.3) is 0 Å². The summed E-state index contributed by atoms with van der Waals surface area (Å²) in [5.41, 5.74) is 5.99. The summed E-state index contributed by atoms with van der Waals surface area (Å²) in [6.07, 6.45) is 8.49. The third kappa shape index (κ3) is 7.02. The zero-order chi connectivity index (χ0) is 31.7. The summed E-state index contributed by atoms with van der Waals surface area (Å²) in [4.78, 5) is 58.9. The van der Waals surface area contributed by atoms with Crippen LogP contribution in [0.1, 0.15) is 104 Å². The molecule has 43 heavy (non-hydrogen) atoms. The van der Waals surface area contributed by atoms with Gasteiger partial charge < -0.3 is 31.1 Å². The minimum Gasteiger partial charge on any atom is -0.481 e. The van der Waals surface area contributed by atoms with Crippen molar-refractivity contribution in [3.8, 4) is 0 Å². The zero-order valence-electron chi connectivity index (χ0n) is 25.8. The van der Waals surface area contributed by atoms with Gasteiger partial charge in [-0.05, 0) is 111 Å². The van der Waals surface area contributed by atoms with Crippen LogP contribution in [0, 0.1) is 46.3 Å². The molecule has 242 valence electrons. The summed E-state index contributed by atoms with van der Waals surface area (Å²) in [6, 6.07) is -2.86. The molecule has 1 amide bonds. The molecule has 0 bridgehead atoms. The van der Waals surface area contributed by atoms with Crippen LogP contribution in [-0.2, 0) is 28.7 Å². The lowest BCUT2D eigenvalue weighted by Gasteiger charge is -2.61. The standard InChI is InChI=1S/C32H50N2O9/c1-17(4-9-26(35)36)21-7-8-22-20-6-5-18-14-19(10-12-31(18,2)23(20)11-13-32(21,22)3)43-30(42)25(16-28(39)40)34-29(41)24(33)15-27(37)38/h17-25H,4-16,33H2,1-3H3,(H,34,41)(H,35,36)(H,37,38)(H,39,40)/t17-,18-,19+,20+,21?,22+,23+,24?,25+,31+,32-/m1/s1. The molecule has 4 saturated carbocycles. The summed E-state index contributed by atoms with van der Waals surface area (Å²) in [5.74, 6) is -1.76. The van der Waals surface area contributed by atoms with E-state index < -0.39 is 54.7 Å². The van der Waals surface area contributed by atoms with Crippen LogP contribution in [0.2, 0.25) is 0 Å². The van der Waals surface area contributed by atoms with Gasteiger partial charge in [0.15, 0.2) is 0 Å². The van der Waals surface area contributed by atoms with Crippen molar-refractivity contribution in [1.82, 2.24) is 5.32 Å². The first-order chi connectivity index (χ1) is 20.2. The van der Waals surface area contributed by atoms with Crippen LogP contribution in [0.15, 0.2) is 0 Å². The summed E-state index contributed by atoms with van der Waals surface area (Å²) in [6.45, 7) is 7.12. The molecule has 11 nitrogen and oxygen atoms in total. The maximum Gasteiger partial charge on any atom is 0.329 e. The summed E-state index contributed by atoms with van der Waals surface area (Å²) in [5, 5.41) is 29.7. The van der Waals surface area contributed by atoms with E-state index in [-0.39, 0.29) is 23.4 Å². The van der Waals surface area contributed by atoms with E-state index in [9.17, 15) is 34.2 Å². The van der Waals surface area contributed by atoms with Crippen molar-refractivity contribution in [3.05, 3.63) is 0 Å². The molecule has 6 N–H and O–H groups in total. The Bertz CT molecular complexity index is 1100. The molecule has 11 heteroatoms. The second-order valence-corrected chi connectivity index (χ2v) is 14.5. The predicted octanol–water partition coefficient (Wildman–Crippen LogP) is 3.82. The number of amides is 1. The lowest BCUT2D eigenvalue weighted by Crippen LogP contribution is -2.55. The molecule has 0 aliphatic heterocycles. The fraction of sp³-hybridized carbons (Fsp3) is 0.844. The van der Waals surface area contributed by atoms with Crippen molar-refractivity contribution >= 4 is 29.8 Å². The number of fused-ring (bicyclic) bond motifs is 5. The van der Waals surface area contributed by atoms with Gasteiger partial charge in [-0.3, -0.25) is 19.2 Å². The van der Waals surface area contributed by atoms with Crippen molar-refractivity contribution in [2.75, 3.05) is 0 Å². The van der Waals surface area contributed by atoms with E-state index >= 15 is 0 Å². The SMILES string of the molecule is C[C@H](CCC(=O)O)C1CC[C@H]2[C@@H]3CC[C@@H]4C[C@@H](OC(=O)[C@H](CC(=O)O)NC(=O)C(N)CC(=O)O)CC[C@]4(C)[C@H]3CC[C@]12C. The molecule has 4 aliphatic rings. The van der Waals surface area contributed by atoms with Crippen LogP contribution in [-0.4, -0.2) is 63.3 Å². The highest BCUT2D eigenvalue weighted by Gasteiger charge is 2.60. The average molecular weight is 607 g/mol. The van der Waals surface area contributed by atoms with E-state index in [1.165, 1.54) is 25.7 Å². The molecule has 4 aliphatic carbocycles. The Hall–Kier alpha value is -2.69. The molecule has 0 aromatic rings. The first-order valence-corrected chi connectivity index (χ1v) is 16.1. The molecule has 11 atom stereocenters. The first-order valence-electron chi connectivity index (χ1n) is 16.1. The smallest absolute Gasteiger partial charge is 0.329 e. The Labute approximate surface area is 253 Å². The maximum atomic E-state index is 13.0. The second kappa shape index (κ2) is 13.1. The van der Waals surface area contributed by atoms with Gasteiger partial charge in [-0.15, -0.1) is 0 Å². The molecule has 0 spiro atoms. The average Bonchev–Trinajstić information content (AvgIpc) is 3.28. The highest BCUT2D eigenvalue weighted by Crippen LogP contribution is 2.68. The van der Waals surface area contributed by atoms with Crippen molar-refractivity contribution in [1.29, 1.82) is 0 Å². The fourth-order valence-corrected chi connectivity index (χ4v) is 10.0. The molecule has 0 radical (unpaired) electrons. The minimum atomic E-state index is -1.45. The van der Waals surface area contributed by atoms with Crippen LogP contribution in [0.3, 0.4) is 0 Å². The molecule has 2 unspecified atom stereocenters. The normalized spacial score (nSPS) is 37.0. The monoisotopic (exact) mass is 606 g/mol. The quantitative estimate of drug-likeness (QED) is 0.204. The fourth-order valence-electron chi connectivity index (χ4n) is 10.0. The number of nitrogens with one attached hydrogen (secondary N) is 1. The number of carbonyl (C=O) groups is 5. The number of aliphatic carboxylic acids is 3. The predicted molar refractivity (Wildman–Crippen MR) is 156 cm³/mol. The Morgan fingerprint density at radius 1 is 0.860 bits per heavy atom. The van der Waals surface area contributed by atoms with Crippen LogP contribution in [0.5, 0.6) is 0 Å². The van der Waals surface area contributed by atoms with Gasteiger partial charge in [-0.2, -0.15) is 0 Å². The lowest BCUT2D eigenvalue weighted by molar-refractivity contribution is -0.167. The van der Waals surface area contributed by atoms with Crippen molar-refractivity contribution in [3.63, 3.8) is 0 Å². The van der Waals surface area contributed by atoms with Crippen molar-refractivity contribution in [2.24, 2.45) is 52.1 Å². The topological polar surface area (TPSA) is 193 Å². The minimum absolute atomic E-state index is 0.137. The number of ether oxygens (including phenoxy) is 1. The number of esters is 1. The van der Waals surface area contributed by atoms with Crippen LogP contribution >= 0.6 is 0 Å². The van der Waals surface area contributed by atoms with E-state index in [1.54, 1.807) is 0 Å². The van der Waals surface area contributed by atoms with Gasteiger partial charge in [0.25, 0.3) is 0 Å². The Balaban J connectivity index is 1.38. The molecule has 0 aromatic carbocycles. The largest absolute Gasteiger partial charge is 0.481 e. The number of carboxylic acid groups (broad SMARTS) is 3. The summed E-state index contributed by atoms with van der Waals surface area (Å²) < 4.78 is 5.80. The first kappa shape index (κ1) is 33.2. The Morgan fingerprint density at radius 2 is 1.51 bits per heavy atom. The van der Waals surface area contributed by atoms with Crippen molar-refractivity contribution in [2.45, 2.75) is 122 Å². The Kier molecular flexibility index (Phi) is 10.1. The second-order valence-electron chi connectivity index (χ2n) is 14.5. The number of rotatable bonds is 12. The van der Waals surface area contributed by atoms with Crippen molar-refractivity contribution < 1.29 is 44.0 Å². The van der Waals surface area contributed by atoms with Gasteiger partial charge in [-0.25, -0.2) is 4.79 Å². The number of nitrogens with two attached hydrogens (primary N) is 1. The Morgan fingerprint density at radius 3 is 2.16 bits per heavy atom. The van der Waals surface area contributed by atoms with Crippen LogP contribution < -0.4 is 11.1 Å². The molecular formula is C32H50N2O9. The molecular weight excluding hydrogens is 556 g/mol. The highest BCUT2D eigenvalue weighted by molar-refractivity contribution is 5.91. The zero-order valence-corrected chi connectivity index (χ0v) is 25.8. The molecule has 4 fully saturated rings. The lowest BCUT2D eigenvalue weighted by atomic mass is 9.44. The van der Waals surface area contributed by atoms with E-state index in [0.717, 1.165) is 25.7 Å². The van der Waals surface area contributed by atoms with E-state index in [0.29, 0.717) is 48.3 Å². The van der Waals surface area contributed by atoms with E-state index in [2.05, 4.69) is 26.1 Å². The number of carbonyl (C=O) groups excluding carboxylic acids is 2. The molecule has 0 heterocycles. The summed E-state index contributed by atoms with van der Waals surface area (Å²) >= 11 is 0. The summed E-state index contributed by atoms with van der Waals surface area (Å²) in [7, 11) is 0. The van der Waals surface area contributed by atoms with E-state index in [4.69, 9.17) is 15.6 Å². The number of hydrogen-bond donors (Lipinski definition) is 5. The van der Waals surface area contributed by atoms with Gasteiger partial charge in [-0.1, -0.05) is 20.8 Å². The van der Waals surface area contributed by atoms with Gasteiger partial charge in [0.1, 0.15) is 12.1 Å². The van der Waals surface area contributed by atoms with Gasteiger partial charge in [0.2, 0.25) is 5.91 Å². The number of hydrogen-bond acceptors (Lipinski definition) is 7. The highest BCUT2D eigenvalue weighted by atomic mass is 16.5. The van der Waals surface area contributed by atoms with Gasteiger partial charge in [0, 0.05) is 6.42 Å². The van der Waals surface area contributed by atoms with Crippen LogP contribution in [0.4, 0.5) is 0 Å². The van der Waals surface area contributed by atoms with Gasteiger partial charge >= 0.3 is 23.9 Å².